The Kier molecular flexibility index (Phi) is 11.7. The Labute approximate surface area is 462 Å². The number of benzene rings is 9. The Balaban J connectivity index is 0.926. The lowest BCUT2D eigenvalue weighted by atomic mass is 9.78. The highest BCUT2D eigenvalue weighted by Crippen LogP contribution is 2.52. The second kappa shape index (κ2) is 18.6. The number of thiophene rings is 1. The second-order valence-corrected chi connectivity index (χ2v) is 25.2. The number of aromatic nitrogens is 2. The average molecular weight is 1030 g/mol. The molecule has 5 nitrogen and oxygen atoms in total. The van der Waals surface area contributed by atoms with Crippen molar-refractivity contribution in [2.45, 2.75) is 78.6 Å². The van der Waals surface area contributed by atoms with E-state index in [2.05, 4.69) is 283 Å². The van der Waals surface area contributed by atoms with Gasteiger partial charge in [0.2, 0.25) is 0 Å². The molecule has 78 heavy (non-hydrogen) atoms. The maximum absolute atomic E-state index is 6.99. The van der Waals surface area contributed by atoms with E-state index in [1.807, 2.05) is 17.5 Å². The van der Waals surface area contributed by atoms with E-state index in [0.717, 1.165) is 39.9 Å². The molecular weight excluding hydrogens is 969 g/mol. The number of fused-ring (bicyclic) bond motifs is 8. The lowest BCUT2D eigenvalue weighted by molar-refractivity contribution is 0.483. The summed E-state index contributed by atoms with van der Waals surface area (Å²) in [7, 11) is 0. The van der Waals surface area contributed by atoms with Crippen LogP contribution in [-0.4, -0.2) is 16.2 Å². The van der Waals surface area contributed by atoms with Gasteiger partial charge in [0.1, 0.15) is 24.0 Å². The molecule has 12 aromatic rings. The highest BCUT2D eigenvalue weighted by atomic mass is 32.1. The number of rotatable bonds is 8. The standard InChI is InChI=1S/C72H64N4OS/c1-70(2,3)51-36-37-73-65(42-51)76-63-44-56(33-34-60(63)69-68(76)66-57-27-14-13-22-47(57)32-35-64(66)78-69)77-55-26-18-25-54(43-55)74-45-75(62-31-16-15-30-61(62)74)67-58(49-24-17-23-48(38-49)46-20-11-10-12-21-46)28-19-29-59(67)50-39-52(71(4,5)6)41-53(40-50)72(7,8)9/h10-44H,45H2,1-9H3. The third kappa shape index (κ3) is 8.69. The number of para-hydroxylation sites is 3. The van der Waals surface area contributed by atoms with Crippen LogP contribution in [0.1, 0.15) is 79.0 Å². The average Bonchev–Trinajstić information content (AvgIpc) is 3.87. The zero-order valence-electron chi connectivity index (χ0n) is 46.0. The zero-order chi connectivity index (χ0) is 53.7. The fourth-order valence-corrected chi connectivity index (χ4v) is 12.7. The molecule has 0 radical (unpaired) electrons. The minimum absolute atomic E-state index is 0.0477. The van der Waals surface area contributed by atoms with Crippen LogP contribution in [0.15, 0.2) is 212 Å². The molecule has 1 aliphatic heterocycles. The van der Waals surface area contributed by atoms with E-state index < -0.39 is 0 Å². The molecule has 1 aliphatic rings. The third-order valence-electron chi connectivity index (χ3n) is 15.7. The topological polar surface area (TPSA) is 33.5 Å². The maximum Gasteiger partial charge on any atom is 0.137 e. The fraction of sp³-hybridized carbons (Fsp3) is 0.181. The summed E-state index contributed by atoms with van der Waals surface area (Å²) in [6, 6.07) is 75.5. The molecule has 0 atom stereocenters. The molecule has 0 saturated carbocycles. The molecule has 0 amide bonds. The smallest absolute Gasteiger partial charge is 0.137 e. The van der Waals surface area contributed by atoms with Crippen molar-refractivity contribution in [3.63, 3.8) is 0 Å². The molecule has 13 rings (SSSR count). The van der Waals surface area contributed by atoms with E-state index >= 15 is 0 Å². The molecule has 384 valence electrons. The van der Waals surface area contributed by atoms with Gasteiger partial charge in [0.15, 0.2) is 0 Å². The van der Waals surface area contributed by atoms with Crippen LogP contribution in [0.3, 0.4) is 0 Å². The van der Waals surface area contributed by atoms with Gasteiger partial charge >= 0.3 is 0 Å². The number of anilines is 4. The molecule has 0 aliphatic carbocycles. The van der Waals surface area contributed by atoms with Crippen LogP contribution < -0.4 is 14.5 Å². The normalized spacial score (nSPS) is 13.1. The third-order valence-corrected chi connectivity index (χ3v) is 16.9. The highest BCUT2D eigenvalue weighted by molar-refractivity contribution is 7.27. The van der Waals surface area contributed by atoms with E-state index in [-0.39, 0.29) is 16.2 Å². The summed E-state index contributed by atoms with van der Waals surface area (Å²) < 4.78 is 11.9. The minimum Gasteiger partial charge on any atom is -0.457 e. The molecule has 6 heteroatoms. The van der Waals surface area contributed by atoms with Gasteiger partial charge in [0.05, 0.1) is 32.8 Å². The van der Waals surface area contributed by atoms with Gasteiger partial charge < -0.3 is 14.5 Å². The first-order valence-corrected chi connectivity index (χ1v) is 28.1. The number of nitrogens with zero attached hydrogens (tertiary/aromatic N) is 4. The summed E-state index contributed by atoms with van der Waals surface area (Å²) >= 11 is 1.85. The van der Waals surface area contributed by atoms with Crippen molar-refractivity contribution in [2.75, 3.05) is 16.5 Å². The summed E-state index contributed by atoms with van der Waals surface area (Å²) in [4.78, 5) is 10.0. The van der Waals surface area contributed by atoms with Crippen molar-refractivity contribution >= 4 is 76.1 Å². The van der Waals surface area contributed by atoms with E-state index in [1.165, 1.54) is 92.2 Å². The Morgan fingerprint density at radius 1 is 0.462 bits per heavy atom. The van der Waals surface area contributed by atoms with Gasteiger partial charge in [-0.1, -0.05) is 196 Å². The van der Waals surface area contributed by atoms with Crippen molar-refractivity contribution in [1.29, 1.82) is 0 Å². The summed E-state index contributed by atoms with van der Waals surface area (Å²) in [5.41, 5.74) is 17.7. The summed E-state index contributed by atoms with van der Waals surface area (Å²) in [5, 5.41) is 4.91. The van der Waals surface area contributed by atoms with Crippen molar-refractivity contribution < 1.29 is 4.74 Å². The number of ether oxygens (including phenoxy) is 1. The molecule has 9 aromatic carbocycles. The fourth-order valence-electron chi connectivity index (χ4n) is 11.5. The van der Waals surface area contributed by atoms with Gasteiger partial charge in [-0.15, -0.1) is 11.3 Å². The first-order chi connectivity index (χ1) is 37.5. The molecular formula is C72H64N4OS. The Morgan fingerprint density at radius 3 is 1.86 bits per heavy atom. The van der Waals surface area contributed by atoms with Crippen molar-refractivity contribution in [3.8, 4) is 50.7 Å². The van der Waals surface area contributed by atoms with Crippen LogP contribution >= 0.6 is 11.3 Å². The van der Waals surface area contributed by atoms with E-state index in [4.69, 9.17) is 9.72 Å². The predicted molar refractivity (Wildman–Crippen MR) is 332 cm³/mol. The van der Waals surface area contributed by atoms with Crippen LogP contribution in [0.25, 0.3) is 81.2 Å². The molecule has 3 aromatic heterocycles. The number of hydrogen-bond acceptors (Lipinski definition) is 5. The highest BCUT2D eigenvalue weighted by Gasteiger charge is 2.33. The lowest BCUT2D eigenvalue weighted by Crippen LogP contribution is -2.25. The van der Waals surface area contributed by atoms with E-state index in [1.54, 1.807) is 0 Å². The molecule has 0 fully saturated rings. The van der Waals surface area contributed by atoms with Crippen LogP contribution in [-0.2, 0) is 16.2 Å². The molecule has 0 bridgehead atoms. The van der Waals surface area contributed by atoms with Crippen LogP contribution in [0, 0.1) is 0 Å². The Bertz CT molecular complexity index is 4260. The van der Waals surface area contributed by atoms with Crippen molar-refractivity contribution in [1.82, 2.24) is 9.55 Å². The summed E-state index contributed by atoms with van der Waals surface area (Å²) in [5.74, 6) is 2.43. The molecule has 0 unspecified atom stereocenters. The maximum atomic E-state index is 6.99. The van der Waals surface area contributed by atoms with Crippen molar-refractivity contribution in [3.05, 3.63) is 229 Å². The van der Waals surface area contributed by atoms with Gasteiger partial charge in [-0.05, 0) is 127 Å². The van der Waals surface area contributed by atoms with Crippen LogP contribution in [0.2, 0.25) is 0 Å². The van der Waals surface area contributed by atoms with Crippen LogP contribution in [0.5, 0.6) is 11.5 Å². The molecule has 0 spiro atoms. The summed E-state index contributed by atoms with van der Waals surface area (Å²) in [6.07, 6.45) is 1.96. The molecule has 0 saturated heterocycles. The van der Waals surface area contributed by atoms with Gasteiger partial charge in [0.25, 0.3) is 0 Å². The zero-order valence-corrected chi connectivity index (χ0v) is 46.8. The van der Waals surface area contributed by atoms with Gasteiger partial charge in [-0.3, -0.25) is 4.57 Å². The van der Waals surface area contributed by atoms with Crippen LogP contribution in [0.4, 0.5) is 22.7 Å². The predicted octanol–water partition coefficient (Wildman–Crippen LogP) is 20.5. The van der Waals surface area contributed by atoms with Gasteiger partial charge in [0, 0.05) is 50.6 Å². The SMILES string of the molecule is CC(C)(C)c1cc(-c2cccc(-c3cccc(-c4ccccc4)c3)c2N2CN(c3cccc(Oc4ccc5c6sc7ccc8ccccc8c7c6n(-c6cc(C(C)(C)C)ccn6)c5c4)c3)c3ccccc32)cc(C(C)(C)C)c1. The number of hydrogen-bond donors (Lipinski definition) is 0. The van der Waals surface area contributed by atoms with Gasteiger partial charge in [-0.25, -0.2) is 4.98 Å². The van der Waals surface area contributed by atoms with Crippen molar-refractivity contribution in [2.24, 2.45) is 0 Å². The Morgan fingerprint density at radius 2 is 1.10 bits per heavy atom. The minimum atomic E-state index is -0.0519. The molecule has 4 heterocycles. The van der Waals surface area contributed by atoms with E-state index in [9.17, 15) is 0 Å². The van der Waals surface area contributed by atoms with Gasteiger partial charge in [-0.2, -0.15) is 0 Å². The lowest BCUT2D eigenvalue weighted by Gasteiger charge is -2.29. The quantitative estimate of drug-likeness (QED) is 0.152. The summed E-state index contributed by atoms with van der Waals surface area (Å²) in [6.45, 7) is 21.3. The number of pyridine rings is 1. The first kappa shape index (κ1) is 49.1. The monoisotopic (exact) mass is 1030 g/mol. The van der Waals surface area contributed by atoms with E-state index in [0.29, 0.717) is 6.67 Å². The largest absolute Gasteiger partial charge is 0.457 e. The second-order valence-electron chi connectivity index (χ2n) is 24.1. The first-order valence-electron chi connectivity index (χ1n) is 27.3. The Hall–Kier alpha value is -8.45. The molecule has 0 N–H and O–H groups in total.